The molecular weight excluding hydrogens is 294 g/mol. The molecule has 0 aromatic heterocycles. The Kier molecular flexibility index (Phi) is 5.14. The number of nitrogens with zero attached hydrogens (tertiary/aromatic N) is 2. The number of amides is 1. The second-order valence-electron chi connectivity index (χ2n) is 5.45. The molecule has 0 saturated carbocycles. The lowest BCUT2D eigenvalue weighted by Crippen LogP contribution is -2.39. The predicted octanol–water partition coefficient (Wildman–Crippen LogP) is 2.92. The number of likely N-dealkylation sites (tertiary alicyclic amines) is 1. The second kappa shape index (κ2) is 6.87. The molecule has 1 aliphatic heterocycles. The molecule has 1 aromatic carbocycles. The number of halogens is 1. The van der Waals surface area contributed by atoms with E-state index in [-0.39, 0.29) is 16.6 Å². The molecule has 1 aromatic rings. The lowest BCUT2D eigenvalue weighted by molar-refractivity contribution is -0.384. The fraction of sp³-hybridized carbons (Fsp3) is 0.500. The van der Waals surface area contributed by atoms with E-state index in [1.807, 2.05) is 0 Å². The predicted molar refractivity (Wildman–Crippen MR) is 81.6 cm³/mol. The first-order chi connectivity index (χ1) is 9.95. The Morgan fingerprint density at radius 1 is 1.57 bits per heavy atom. The third kappa shape index (κ3) is 4.41. The first kappa shape index (κ1) is 15.7. The molecule has 2 rings (SSSR count). The van der Waals surface area contributed by atoms with Crippen LogP contribution in [-0.2, 0) is 4.79 Å². The van der Waals surface area contributed by atoms with Gasteiger partial charge in [-0.25, -0.2) is 0 Å². The minimum Gasteiger partial charge on any atom is -0.324 e. The van der Waals surface area contributed by atoms with Crippen molar-refractivity contribution in [3.05, 3.63) is 33.3 Å². The summed E-state index contributed by atoms with van der Waals surface area (Å²) in [5.74, 6) is 0.453. The number of anilines is 1. The van der Waals surface area contributed by atoms with E-state index in [1.165, 1.54) is 24.6 Å². The normalized spacial score (nSPS) is 19.2. The Hall–Kier alpha value is -1.66. The van der Waals surface area contributed by atoms with Crippen LogP contribution in [0.1, 0.15) is 19.8 Å². The van der Waals surface area contributed by atoms with E-state index < -0.39 is 4.92 Å². The van der Waals surface area contributed by atoms with Gasteiger partial charge in [0.2, 0.25) is 5.91 Å². The van der Waals surface area contributed by atoms with E-state index in [0.717, 1.165) is 19.5 Å². The fourth-order valence-electron chi connectivity index (χ4n) is 2.54. The zero-order valence-electron chi connectivity index (χ0n) is 11.8. The van der Waals surface area contributed by atoms with E-state index in [0.29, 0.717) is 18.2 Å². The average Bonchev–Trinajstić information content (AvgIpc) is 2.40. The SMILES string of the molecule is C[C@@H]1CCCN(CC(=O)Nc2ccc([N+](=O)[O-])cc2Cl)C1. The molecule has 0 bridgehead atoms. The fourth-order valence-corrected chi connectivity index (χ4v) is 2.76. The standard InChI is InChI=1S/C14H18ClN3O3/c1-10-3-2-6-17(8-10)9-14(19)16-13-5-4-11(18(20)21)7-12(13)15/h4-5,7,10H,2-3,6,8-9H2,1H3,(H,16,19)/t10-/m1/s1. The number of non-ortho nitro benzene ring substituents is 1. The molecule has 1 aliphatic rings. The van der Waals surface area contributed by atoms with Crippen LogP contribution in [0, 0.1) is 16.0 Å². The van der Waals surface area contributed by atoms with Crippen molar-refractivity contribution in [3.63, 3.8) is 0 Å². The summed E-state index contributed by atoms with van der Waals surface area (Å²) in [4.78, 5) is 24.2. The molecule has 1 N–H and O–H groups in total. The van der Waals surface area contributed by atoms with Crippen LogP contribution in [0.25, 0.3) is 0 Å². The highest BCUT2D eigenvalue weighted by molar-refractivity contribution is 6.34. The zero-order chi connectivity index (χ0) is 15.4. The lowest BCUT2D eigenvalue weighted by atomic mass is 10.0. The van der Waals surface area contributed by atoms with Crippen LogP contribution in [0.5, 0.6) is 0 Å². The van der Waals surface area contributed by atoms with Crippen LogP contribution in [0.2, 0.25) is 5.02 Å². The average molecular weight is 312 g/mol. The maximum atomic E-state index is 12.0. The molecule has 0 unspecified atom stereocenters. The van der Waals surface area contributed by atoms with Crippen LogP contribution < -0.4 is 5.32 Å². The number of piperidine rings is 1. The second-order valence-corrected chi connectivity index (χ2v) is 5.86. The first-order valence-electron chi connectivity index (χ1n) is 6.92. The summed E-state index contributed by atoms with van der Waals surface area (Å²) in [5, 5.41) is 13.5. The topological polar surface area (TPSA) is 75.5 Å². The molecule has 1 amide bonds. The largest absolute Gasteiger partial charge is 0.324 e. The van der Waals surface area contributed by atoms with E-state index >= 15 is 0 Å². The summed E-state index contributed by atoms with van der Waals surface area (Å²) in [5.41, 5.74) is 0.306. The van der Waals surface area contributed by atoms with Gasteiger partial charge in [-0.2, -0.15) is 0 Å². The molecule has 1 saturated heterocycles. The molecule has 1 fully saturated rings. The third-order valence-electron chi connectivity index (χ3n) is 3.55. The van der Waals surface area contributed by atoms with Gasteiger partial charge in [0.25, 0.3) is 5.69 Å². The molecule has 114 valence electrons. The molecule has 0 aliphatic carbocycles. The van der Waals surface area contributed by atoms with Crippen LogP contribution >= 0.6 is 11.6 Å². The summed E-state index contributed by atoms with van der Waals surface area (Å²) >= 11 is 5.95. The minimum absolute atomic E-state index is 0.0946. The summed E-state index contributed by atoms with van der Waals surface area (Å²) in [6.07, 6.45) is 2.30. The highest BCUT2D eigenvalue weighted by atomic mass is 35.5. The number of nitrogens with one attached hydrogen (secondary N) is 1. The van der Waals surface area contributed by atoms with Crippen molar-refractivity contribution >= 4 is 28.9 Å². The van der Waals surface area contributed by atoms with Crippen molar-refractivity contribution in [2.75, 3.05) is 25.0 Å². The van der Waals surface area contributed by atoms with Crippen molar-refractivity contribution in [3.8, 4) is 0 Å². The van der Waals surface area contributed by atoms with Crippen molar-refractivity contribution in [1.29, 1.82) is 0 Å². The molecule has 6 nitrogen and oxygen atoms in total. The monoisotopic (exact) mass is 311 g/mol. The van der Waals surface area contributed by atoms with Crippen molar-refractivity contribution < 1.29 is 9.72 Å². The van der Waals surface area contributed by atoms with E-state index in [9.17, 15) is 14.9 Å². The van der Waals surface area contributed by atoms with Gasteiger partial charge in [0, 0.05) is 18.7 Å². The number of rotatable bonds is 4. The number of benzene rings is 1. The molecule has 0 spiro atoms. The van der Waals surface area contributed by atoms with Gasteiger partial charge < -0.3 is 5.32 Å². The van der Waals surface area contributed by atoms with Gasteiger partial charge in [-0.15, -0.1) is 0 Å². The molecule has 7 heteroatoms. The van der Waals surface area contributed by atoms with Gasteiger partial charge >= 0.3 is 0 Å². The number of hydrogen-bond acceptors (Lipinski definition) is 4. The van der Waals surface area contributed by atoms with Gasteiger partial charge in [0.05, 0.1) is 22.2 Å². The smallest absolute Gasteiger partial charge is 0.271 e. The highest BCUT2D eigenvalue weighted by Crippen LogP contribution is 2.26. The van der Waals surface area contributed by atoms with Crippen LogP contribution in [0.15, 0.2) is 18.2 Å². The number of carbonyl (C=O) groups excluding carboxylic acids is 1. The molecule has 21 heavy (non-hydrogen) atoms. The third-order valence-corrected chi connectivity index (χ3v) is 3.86. The molecule has 0 radical (unpaired) electrons. The maximum Gasteiger partial charge on any atom is 0.271 e. The maximum absolute atomic E-state index is 12.0. The summed E-state index contributed by atoms with van der Waals surface area (Å²) in [6.45, 7) is 4.34. The van der Waals surface area contributed by atoms with Gasteiger partial charge in [0.1, 0.15) is 0 Å². The number of hydrogen-bond donors (Lipinski definition) is 1. The van der Waals surface area contributed by atoms with Crippen molar-refractivity contribution in [2.24, 2.45) is 5.92 Å². The number of nitro benzene ring substituents is 1. The van der Waals surface area contributed by atoms with Crippen molar-refractivity contribution in [1.82, 2.24) is 4.90 Å². The van der Waals surface area contributed by atoms with Crippen LogP contribution in [-0.4, -0.2) is 35.4 Å². The Morgan fingerprint density at radius 2 is 2.33 bits per heavy atom. The van der Waals surface area contributed by atoms with Gasteiger partial charge in [-0.1, -0.05) is 18.5 Å². The van der Waals surface area contributed by atoms with Gasteiger partial charge in [-0.05, 0) is 31.4 Å². The summed E-state index contributed by atoms with van der Waals surface area (Å²) in [7, 11) is 0. The Balaban J connectivity index is 1.94. The minimum atomic E-state index is -0.521. The Morgan fingerprint density at radius 3 is 2.95 bits per heavy atom. The lowest BCUT2D eigenvalue weighted by Gasteiger charge is -2.30. The highest BCUT2D eigenvalue weighted by Gasteiger charge is 2.19. The molecule has 1 heterocycles. The van der Waals surface area contributed by atoms with E-state index in [2.05, 4.69) is 17.1 Å². The Labute approximate surface area is 128 Å². The van der Waals surface area contributed by atoms with Crippen LogP contribution in [0.4, 0.5) is 11.4 Å². The molecule has 1 atom stereocenters. The number of carbonyl (C=O) groups is 1. The van der Waals surface area contributed by atoms with Gasteiger partial charge in [-0.3, -0.25) is 19.8 Å². The van der Waals surface area contributed by atoms with Crippen molar-refractivity contribution in [2.45, 2.75) is 19.8 Å². The number of nitro groups is 1. The summed E-state index contributed by atoms with van der Waals surface area (Å²) in [6, 6.07) is 4.02. The Bertz CT molecular complexity index is 550. The van der Waals surface area contributed by atoms with E-state index in [4.69, 9.17) is 11.6 Å². The first-order valence-corrected chi connectivity index (χ1v) is 7.29. The van der Waals surface area contributed by atoms with E-state index in [1.54, 1.807) is 0 Å². The van der Waals surface area contributed by atoms with Gasteiger partial charge in [0.15, 0.2) is 0 Å². The molecular formula is C14H18ClN3O3. The zero-order valence-corrected chi connectivity index (χ0v) is 12.6. The summed E-state index contributed by atoms with van der Waals surface area (Å²) < 4.78 is 0. The van der Waals surface area contributed by atoms with Crippen LogP contribution in [0.3, 0.4) is 0 Å². The quantitative estimate of drug-likeness (QED) is 0.685.